The molecule has 2 aromatic carbocycles. The third-order valence-corrected chi connectivity index (χ3v) is 6.11. The van der Waals surface area contributed by atoms with Crippen LogP contribution in [0.4, 0.5) is 0 Å². The summed E-state index contributed by atoms with van der Waals surface area (Å²) in [7, 11) is 0. The van der Waals surface area contributed by atoms with Gasteiger partial charge in [0.2, 0.25) is 0 Å². The quantitative estimate of drug-likeness (QED) is 0.650. The second-order valence-corrected chi connectivity index (χ2v) is 7.31. The Hall–Kier alpha value is -1.30. The second-order valence-electron chi connectivity index (χ2n) is 7.31. The molecule has 4 aliphatic rings. The van der Waals surface area contributed by atoms with Gasteiger partial charge in [-0.3, -0.25) is 0 Å². The zero-order chi connectivity index (χ0) is 13.1. The zero-order valence-electron chi connectivity index (χ0n) is 11.9. The average molecular weight is 261 g/mol. The summed E-state index contributed by atoms with van der Waals surface area (Å²) in [6, 6.07) is 15.9. The summed E-state index contributed by atoms with van der Waals surface area (Å²) in [4.78, 5) is 0. The van der Waals surface area contributed by atoms with E-state index in [1.54, 1.807) is 5.56 Å². The molecule has 0 N–H and O–H groups in total. The number of benzene rings is 2. The molecule has 0 heterocycles. The minimum absolute atomic E-state index is 0.772. The molecule has 1 radical (unpaired) electrons. The summed E-state index contributed by atoms with van der Waals surface area (Å²) in [5.41, 5.74) is 1.63. The lowest BCUT2D eigenvalue weighted by atomic mass is 9.50. The Bertz CT molecular complexity index is 621. The van der Waals surface area contributed by atoms with Crippen molar-refractivity contribution in [2.75, 3.05) is 0 Å². The van der Waals surface area contributed by atoms with E-state index in [1.165, 1.54) is 42.9 Å². The van der Waals surface area contributed by atoms with E-state index >= 15 is 0 Å². The number of hydrogen-bond donors (Lipinski definition) is 0. The molecule has 3 atom stereocenters. The fourth-order valence-corrected chi connectivity index (χ4v) is 5.63. The lowest BCUT2D eigenvalue weighted by Crippen LogP contribution is -2.42. The van der Waals surface area contributed by atoms with Crippen molar-refractivity contribution < 1.29 is 0 Å². The molecule has 0 nitrogen and oxygen atoms in total. The topological polar surface area (TPSA) is 0 Å². The Morgan fingerprint density at radius 2 is 1.50 bits per heavy atom. The molecular weight excluding hydrogens is 240 g/mol. The minimum atomic E-state index is 0.772. The van der Waals surface area contributed by atoms with Crippen LogP contribution in [-0.2, 0) is 0 Å². The summed E-state index contributed by atoms with van der Waals surface area (Å²) in [6.45, 7) is 0. The van der Waals surface area contributed by atoms with Gasteiger partial charge in [0.05, 0.1) is 0 Å². The molecule has 4 aliphatic carbocycles. The number of rotatable bonds is 1. The molecule has 0 spiro atoms. The summed E-state index contributed by atoms with van der Waals surface area (Å²) in [5, 5.41) is 2.92. The van der Waals surface area contributed by atoms with E-state index in [0.29, 0.717) is 0 Å². The fourth-order valence-electron chi connectivity index (χ4n) is 5.63. The van der Waals surface area contributed by atoms with E-state index in [4.69, 9.17) is 0 Å². The molecule has 4 fully saturated rings. The first-order valence-corrected chi connectivity index (χ1v) is 8.21. The Balaban J connectivity index is 1.65. The van der Waals surface area contributed by atoms with Crippen molar-refractivity contribution in [1.29, 1.82) is 0 Å². The van der Waals surface area contributed by atoms with Crippen LogP contribution < -0.4 is 0 Å². The third kappa shape index (κ3) is 1.54. The van der Waals surface area contributed by atoms with Crippen LogP contribution in [0.2, 0.25) is 0 Å². The van der Waals surface area contributed by atoms with Gasteiger partial charge >= 0.3 is 0 Å². The van der Waals surface area contributed by atoms with Crippen LogP contribution in [0.1, 0.15) is 43.6 Å². The maximum atomic E-state index is 2.41. The highest BCUT2D eigenvalue weighted by atomic mass is 14.5. The molecule has 2 aromatic rings. The Morgan fingerprint density at radius 1 is 0.750 bits per heavy atom. The maximum absolute atomic E-state index is 2.41. The third-order valence-electron chi connectivity index (χ3n) is 6.11. The van der Waals surface area contributed by atoms with Crippen molar-refractivity contribution in [2.45, 2.75) is 38.0 Å². The Labute approximate surface area is 121 Å². The van der Waals surface area contributed by atoms with E-state index < -0.39 is 0 Å². The van der Waals surface area contributed by atoms with Gasteiger partial charge in [-0.05, 0) is 78.0 Å². The van der Waals surface area contributed by atoms with E-state index in [9.17, 15) is 0 Å². The highest BCUT2D eigenvalue weighted by molar-refractivity contribution is 5.86. The standard InChI is InChI=1S/C20H21/c1-2-6-18-15(4-1)5-3-7-19(18)20-16-9-13-8-14(11-16)12-17(20)10-13/h1-7,13-14,16,20H,8-12H2. The van der Waals surface area contributed by atoms with Gasteiger partial charge in [0.1, 0.15) is 0 Å². The van der Waals surface area contributed by atoms with Gasteiger partial charge in [-0.1, -0.05) is 42.5 Å². The summed E-state index contributed by atoms with van der Waals surface area (Å²) >= 11 is 0. The fraction of sp³-hybridized carbons (Fsp3) is 0.450. The monoisotopic (exact) mass is 261 g/mol. The van der Waals surface area contributed by atoms with Crippen LogP contribution in [0, 0.1) is 23.7 Å². The van der Waals surface area contributed by atoms with Crippen molar-refractivity contribution in [3.8, 4) is 0 Å². The largest absolute Gasteiger partial charge is 0.0616 e. The molecule has 0 saturated heterocycles. The molecule has 6 rings (SSSR count). The second kappa shape index (κ2) is 4.10. The average Bonchev–Trinajstić information content (AvgIpc) is 2.46. The summed E-state index contributed by atoms with van der Waals surface area (Å²) in [6.07, 6.45) is 7.38. The molecule has 0 heteroatoms. The number of hydrogen-bond acceptors (Lipinski definition) is 0. The van der Waals surface area contributed by atoms with Crippen LogP contribution in [0.5, 0.6) is 0 Å². The van der Waals surface area contributed by atoms with E-state index in [-0.39, 0.29) is 0 Å². The minimum Gasteiger partial charge on any atom is -0.0616 e. The van der Waals surface area contributed by atoms with Crippen molar-refractivity contribution in [1.82, 2.24) is 0 Å². The molecule has 0 amide bonds. The molecular formula is C20H21. The predicted molar refractivity (Wildman–Crippen MR) is 83.5 cm³/mol. The van der Waals surface area contributed by atoms with Crippen LogP contribution in [0.3, 0.4) is 0 Å². The van der Waals surface area contributed by atoms with Crippen molar-refractivity contribution in [3.05, 3.63) is 53.9 Å². The van der Waals surface area contributed by atoms with Gasteiger partial charge in [-0.15, -0.1) is 0 Å². The van der Waals surface area contributed by atoms with Gasteiger partial charge in [-0.2, -0.15) is 0 Å². The molecule has 20 heavy (non-hydrogen) atoms. The predicted octanol–water partition coefficient (Wildman–Crippen LogP) is 5.34. The van der Waals surface area contributed by atoms with Crippen LogP contribution >= 0.6 is 0 Å². The molecule has 4 bridgehead atoms. The Morgan fingerprint density at radius 3 is 2.30 bits per heavy atom. The smallest absolute Gasteiger partial charge is 0.00649 e. The normalized spacial score (nSPS) is 35.8. The first kappa shape index (κ1) is 11.4. The highest BCUT2D eigenvalue weighted by Crippen LogP contribution is 2.61. The number of fused-ring (bicyclic) bond motifs is 1. The molecule has 4 saturated carbocycles. The van der Waals surface area contributed by atoms with Crippen molar-refractivity contribution >= 4 is 10.8 Å². The van der Waals surface area contributed by atoms with Gasteiger partial charge in [0.15, 0.2) is 0 Å². The van der Waals surface area contributed by atoms with Crippen molar-refractivity contribution in [3.63, 3.8) is 0 Å². The zero-order valence-corrected chi connectivity index (χ0v) is 11.9. The summed E-state index contributed by atoms with van der Waals surface area (Å²) < 4.78 is 0. The van der Waals surface area contributed by atoms with Crippen LogP contribution in [0.25, 0.3) is 10.8 Å². The first-order valence-electron chi connectivity index (χ1n) is 8.21. The van der Waals surface area contributed by atoms with Crippen LogP contribution in [0.15, 0.2) is 42.5 Å². The molecule has 3 unspecified atom stereocenters. The maximum Gasteiger partial charge on any atom is -0.00649 e. The Kier molecular flexibility index (Phi) is 2.33. The molecule has 101 valence electrons. The molecule has 0 aromatic heterocycles. The lowest BCUT2D eigenvalue weighted by molar-refractivity contribution is 0.0728. The van der Waals surface area contributed by atoms with Gasteiger partial charge in [0.25, 0.3) is 0 Å². The summed E-state index contributed by atoms with van der Waals surface area (Å²) in [5.74, 6) is 5.68. The van der Waals surface area contributed by atoms with Crippen molar-refractivity contribution in [2.24, 2.45) is 17.8 Å². The van der Waals surface area contributed by atoms with Crippen LogP contribution in [-0.4, -0.2) is 0 Å². The van der Waals surface area contributed by atoms with Gasteiger partial charge < -0.3 is 0 Å². The SMILES string of the molecule is c1ccc2c(C3[C]4CC5CC(C4)CC3C5)cccc2c1. The van der Waals surface area contributed by atoms with E-state index in [0.717, 1.165) is 23.7 Å². The lowest BCUT2D eigenvalue weighted by Gasteiger charge is -2.54. The van der Waals surface area contributed by atoms with E-state index in [2.05, 4.69) is 42.5 Å². The van der Waals surface area contributed by atoms with Gasteiger partial charge in [-0.25, -0.2) is 0 Å². The molecule has 0 aliphatic heterocycles. The van der Waals surface area contributed by atoms with Gasteiger partial charge in [0, 0.05) is 0 Å². The highest BCUT2D eigenvalue weighted by Gasteiger charge is 2.49. The first-order chi connectivity index (χ1) is 9.88. The van der Waals surface area contributed by atoms with E-state index in [1.807, 2.05) is 5.92 Å².